The fourth-order valence-corrected chi connectivity index (χ4v) is 2.48. The zero-order chi connectivity index (χ0) is 15.4. The summed E-state index contributed by atoms with van der Waals surface area (Å²) in [5, 5.41) is 11.6. The molecule has 1 saturated carbocycles. The summed E-state index contributed by atoms with van der Waals surface area (Å²) in [6.07, 6.45) is 2.11. The molecule has 6 nitrogen and oxygen atoms in total. The highest BCUT2D eigenvalue weighted by molar-refractivity contribution is 9.10. The van der Waals surface area contributed by atoms with E-state index in [1.165, 1.54) is 4.90 Å². The summed E-state index contributed by atoms with van der Waals surface area (Å²) in [5.41, 5.74) is 0.582. The minimum absolute atomic E-state index is 0.292. The summed E-state index contributed by atoms with van der Waals surface area (Å²) in [6, 6.07) is 4.74. The van der Waals surface area contributed by atoms with E-state index in [2.05, 4.69) is 21.2 Å². The monoisotopic (exact) mass is 356 g/mol. The molecule has 0 aliphatic heterocycles. The van der Waals surface area contributed by atoms with E-state index in [1.54, 1.807) is 25.3 Å². The van der Waals surface area contributed by atoms with Crippen LogP contribution >= 0.6 is 15.9 Å². The highest BCUT2D eigenvalue weighted by atomic mass is 79.9. The van der Waals surface area contributed by atoms with Crippen molar-refractivity contribution in [2.45, 2.75) is 12.8 Å². The molecule has 2 amide bonds. The number of methoxy groups -OCH3 is 1. The predicted octanol–water partition coefficient (Wildman–Crippen LogP) is 2.79. The van der Waals surface area contributed by atoms with Crippen molar-refractivity contribution in [3.8, 4) is 5.75 Å². The molecule has 0 atom stereocenters. The van der Waals surface area contributed by atoms with Crippen molar-refractivity contribution in [2.24, 2.45) is 5.92 Å². The van der Waals surface area contributed by atoms with Crippen LogP contribution in [0.1, 0.15) is 12.8 Å². The van der Waals surface area contributed by atoms with Crippen molar-refractivity contribution in [1.82, 2.24) is 4.90 Å². The third-order valence-corrected chi connectivity index (χ3v) is 3.81. The van der Waals surface area contributed by atoms with Gasteiger partial charge in [0.1, 0.15) is 12.3 Å². The zero-order valence-electron chi connectivity index (χ0n) is 11.6. The minimum atomic E-state index is -1.01. The second kappa shape index (κ2) is 6.80. The molecule has 114 valence electrons. The molecule has 0 unspecified atom stereocenters. The molecule has 1 aliphatic carbocycles. The lowest BCUT2D eigenvalue weighted by molar-refractivity contribution is -0.137. The van der Waals surface area contributed by atoms with Crippen molar-refractivity contribution in [3.05, 3.63) is 22.7 Å². The van der Waals surface area contributed by atoms with Crippen LogP contribution in [0, 0.1) is 5.92 Å². The predicted molar refractivity (Wildman–Crippen MR) is 81.6 cm³/mol. The molecule has 0 aromatic heterocycles. The highest BCUT2D eigenvalue weighted by Crippen LogP contribution is 2.30. The topological polar surface area (TPSA) is 78.9 Å². The van der Waals surface area contributed by atoms with Crippen molar-refractivity contribution in [3.63, 3.8) is 0 Å². The molecular weight excluding hydrogens is 340 g/mol. The van der Waals surface area contributed by atoms with Gasteiger partial charge in [0.25, 0.3) is 0 Å². The number of carboxylic acid groups (broad SMARTS) is 1. The molecule has 0 radical (unpaired) electrons. The van der Waals surface area contributed by atoms with E-state index in [9.17, 15) is 9.59 Å². The molecule has 0 spiro atoms. The molecule has 1 aromatic rings. The van der Waals surface area contributed by atoms with Crippen molar-refractivity contribution >= 4 is 33.6 Å². The van der Waals surface area contributed by atoms with Gasteiger partial charge in [-0.15, -0.1) is 0 Å². The quantitative estimate of drug-likeness (QED) is 0.821. The number of rotatable bonds is 6. The van der Waals surface area contributed by atoms with Gasteiger partial charge in [0, 0.05) is 12.2 Å². The third kappa shape index (κ3) is 4.63. The second-order valence-electron chi connectivity index (χ2n) is 5.00. The lowest BCUT2D eigenvalue weighted by Gasteiger charge is -2.21. The Hall–Kier alpha value is -1.76. The standard InChI is InChI=1S/C14H17BrN2O4/c1-21-12-5-4-10(6-11(12)15)16-14(20)17(8-13(18)19)7-9-2-3-9/h4-6,9H,2-3,7-8H2,1H3,(H,16,20)(H,18,19). The Morgan fingerprint density at radius 2 is 2.19 bits per heavy atom. The molecule has 2 rings (SSSR count). The maximum Gasteiger partial charge on any atom is 0.323 e. The van der Waals surface area contributed by atoms with Gasteiger partial charge in [-0.3, -0.25) is 4.79 Å². The molecule has 0 saturated heterocycles. The van der Waals surface area contributed by atoms with Gasteiger partial charge in [-0.1, -0.05) is 0 Å². The van der Waals surface area contributed by atoms with Crippen LogP contribution < -0.4 is 10.1 Å². The highest BCUT2D eigenvalue weighted by Gasteiger charge is 2.28. The van der Waals surface area contributed by atoms with Crippen LogP contribution in [0.5, 0.6) is 5.75 Å². The average molecular weight is 357 g/mol. The normalized spacial score (nSPS) is 13.6. The van der Waals surface area contributed by atoms with Crippen LogP contribution in [0.25, 0.3) is 0 Å². The largest absolute Gasteiger partial charge is 0.496 e. The summed E-state index contributed by atoms with van der Waals surface area (Å²) in [6.45, 7) is 0.190. The number of anilines is 1. The molecule has 21 heavy (non-hydrogen) atoms. The Balaban J connectivity index is 2.02. The smallest absolute Gasteiger partial charge is 0.323 e. The molecular formula is C14H17BrN2O4. The third-order valence-electron chi connectivity index (χ3n) is 3.19. The van der Waals surface area contributed by atoms with E-state index < -0.39 is 12.0 Å². The molecule has 1 fully saturated rings. The van der Waals surface area contributed by atoms with Gasteiger partial charge < -0.3 is 20.1 Å². The number of ether oxygens (including phenoxy) is 1. The fourth-order valence-electron chi connectivity index (χ4n) is 1.94. The number of nitrogens with zero attached hydrogens (tertiary/aromatic N) is 1. The van der Waals surface area contributed by atoms with Crippen LogP contribution in [0.4, 0.5) is 10.5 Å². The number of nitrogens with one attached hydrogen (secondary N) is 1. The van der Waals surface area contributed by atoms with E-state index in [0.717, 1.165) is 17.3 Å². The van der Waals surface area contributed by atoms with Crippen LogP contribution in [-0.2, 0) is 4.79 Å². The van der Waals surface area contributed by atoms with Gasteiger partial charge in [-0.05, 0) is 52.9 Å². The summed E-state index contributed by atoms with van der Waals surface area (Å²) in [5.74, 6) is 0.0767. The lowest BCUT2D eigenvalue weighted by atomic mass is 10.3. The minimum Gasteiger partial charge on any atom is -0.496 e. The Kier molecular flexibility index (Phi) is 5.06. The number of carboxylic acids is 1. The second-order valence-corrected chi connectivity index (χ2v) is 5.85. The zero-order valence-corrected chi connectivity index (χ0v) is 13.2. The average Bonchev–Trinajstić information content (AvgIpc) is 3.21. The van der Waals surface area contributed by atoms with E-state index >= 15 is 0 Å². The summed E-state index contributed by atoms with van der Waals surface area (Å²) >= 11 is 3.34. The number of halogens is 1. The molecule has 0 bridgehead atoms. The van der Waals surface area contributed by atoms with E-state index in [4.69, 9.17) is 9.84 Å². The van der Waals surface area contributed by atoms with E-state index in [1.807, 2.05) is 0 Å². The number of benzene rings is 1. The molecule has 7 heteroatoms. The van der Waals surface area contributed by atoms with Crippen molar-refractivity contribution in [2.75, 3.05) is 25.5 Å². The maximum atomic E-state index is 12.2. The number of carbonyl (C=O) groups is 2. The van der Waals surface area contributed by atoms with Gasteiger partial charge in [0.15, 0.2) is 0 Å². The van der Waals surface area contributed by atoms with Crippen LogP contribution in [-0.4, -0.2) is 42.2 Å². The summed E-state index contributed by atoms with van der Waals surface area (Å²) in [4.78, 5) is 24.4. The van der Waals surface area contributed by atoms with Gasteiger partial charge >= 0.3 is 12.0 Å². The Morgan fingerprint density at radius 3 is 2.71 bits per heavy atom. The van der Waals surface area contributed by atoms with Crippen LogP contribution in [0.3, 0.4) is 0 Å². The summed E-state index contributed by atoms with van der Waals surface area (Å²) < 4.78 is 5.84. The molecule has 2 N–H and O–H groups in total. The van der Waals surface area contributed by atoms with Gasteiger partial charge in [0.05, 0.1) is 11.6 Å². The van der Waals surface area contributed by atoms with Gasteiger partial charge in [-0.2, -0.15) is 0 Å². The Labute approximate surface area is 131 Å². The fraction of sp³-hybridized carbons (Fsp3) is 0.429. The van der Waals surface area contributed by atoms with Crippen molar-refractivity contribution < 1.29 is 19.4 Å². The number of hydrogen-bond donors (Lipinski definition) is 2. The number of amides is 2. The van der Waals surface area contributed by atoms with E-state index in [0.29, 0.717) is 23.9 Å². The first-order valence-corrected chi connectivity index (χ1v) is 7.40. The van der Waals surface area contributed by atoms with Crippen molar-refractivity contribution in [1.29, 1.82) is 0 Å². The maximum absolute atomic E-state index is 12.2. The summed E-state index contributed by atoms with van der Waals surface area (Å²) in [7, 11) is 1.56. The van der Waals surface area contributed by atoms with Gasteiger partial charge in [-0.25, -0.2) is 4.79 Å². The number of hydrogen-bond acceptors (Lipinski definition) is 3. The van der Waals surface area contributed by atoms with E-state index in [-0.39, 0.29) is 6.54 Å². The van der Waals surface area contributed by atoms with Gasteiger partial charge in [0.2, 0.25) is 0 Å². The van der Waals surface area contributed by atoms with Crippen LogP contribution in [0.15, 0.2) is 22.7 Å². The number of aliphatic carboxylic acids is 1. The van der Waals surface area contributed by atoms with Crippen LogP contribution in [0.2, 0.25) is 0 Å². The Bertz CT molecular complexity index is 546. The number of urea groups is 1. The SMILES string of the molecule is COc1ccc(NC(=O)N(CC(=O)O)CC2CC2)cc1Br. The first-order valence-electron chi connectivity index (χ1n) is 6.61. The molecule has 1 aromatic carbocycles. The first kappa shape index (κ1) is 15.6. The number of carbonyl (C=O) groups excluding carboxylic acids is 1. The lowest BCUT2D eigenvalue weighted by Crippen LogP contribution is -2.40. The Morgan fingerprint density at radius 1 is 1.48 bits per heavy atom. The molecule has 0 heterocycles. The first-order chi connectivity index (χ1) is 9.99. The molecule has 1 aliphatic rings.